The summed E-state index contributed by atoms with van der Waals surface area (Å²) < 4.78 is 0. The minimum atomic E-state index is -0.163. The molecule has 6 nitrogen and oxygen atoms in total. The second-order valence-electron chi connectivity index (χ2n) is 11.6. The number of amides is 3. The average molecular weight is 453 g/mol. The number of rotatable bonds is 6. The van der Waals surface area contributed by atoms with Crippen LogP contribution in [0.3, 0.4) is 0 Å². The van der Waals surface area contributed by atoms with Gasteiger partial charge in [-0.15, -0.1) is 0 Å². The van der Waals surface area contributed by atoms with E-state index < -0.39 is 0 Å². The Kier molecular flexibility index (Phi) is 6.39. The molecule has 0 radical (unpaired) electrons. The van der Waals surface area contributed by atoms with Gasteiger partial charge >= 0.3 is 6.03 Å². The molecule has 1 aromatic rings. The number of anilines is 1. The van der Waals surface area contributed by atoms with Crippen LogP contribution in [0, 0.1) is 30.6 Å². The number of hydrogen-bond donors (Lipinski definition) is 3. The topological polar surface area (TPSA) is 73.5 Å². The van der Waals surface area contributed by atoms with Gasteiger partial charge in [0.1, 0.15) is 0 Å². The number of nitrogens with zero attached hydrogens (tertiary/aromatic N) is 1. The molecule has 4 aliphatic carbocycles. The van der Waals surface area contributed by atoms with Gasteiger partial charge in [-0.1, -0.05) is 17.7 Å². The van der Waals surface area contributed by atoms with E-state index in [0.717, 1.165) is 49.4 Å². The number of carbonyl (C=O) groups is 2. The Morgan fingerprint density at radius 3 is 2.33 bits per heavy atom. The maximum absolute atomic E-state index is 13.3. The number of carbonyl (C=O) groups excluding carboxylic acids is 2. The van der Waals surface area contributed by atoms with Gasteiger partial charge in [0.05, 0.1) is 6.04 Å². The average Bonchev–Trinajstić information content (AvgIpc) is 2.78. The molecule has 3 N–H and O–H groups in total. The van der Waals surface area contributed by atoms with Crippen LogP contribution in [0.1, 0.15) is 63.9 Å². The molecule has 6 rings (SSSR count). The summed E-state index contributed by atoms with van der Waals surface area (Å²) in [7, 11) is 0. The van der Waals surface area contributed by atoms with Gasteiger partial charge in [0, 0.05) is 24.3 Å². The van der Waals surface area contributed by atoms with Crippen molar-refractivity contribution in [2.75, 3.05) is 25.0 Å². The third-order valence-corrected chi connectivity index (χ3v) is 8.76. The van der Waals surface area contributed by atoms with Crippen LogP contribution in [0.5, 0.6) is 0 Å². The standard InChI is InChI=1S/C27H40N4O2/c1-18-5-7-24(8-6-18)29-26(33)28-16-20-4-3-9-31(17-20)19(2)25(32)30-27-13-21-10-22(14-27)12-23(11-21)15-27/h5-8,19-23H,3-4,9-17H2,1-2H3,(H,30,32)(H2,28,29,33)/t19-,20+,21?,22?,23?,27?/m0/s1. The van der Waals surface area contributed by atoms with E-state index in [1.54, 1.807) is 0 Å². The smallest absolute Gasteiger partial charge is 0.319 e. The lowest BCUT2D eigenvalue weighted by Crippen LogP contribution is -2.62. The third kappa shape index (κ3) is 5.21. The monoisotopic (exact) mass is 452 g/mol. The van der Waals surface area contributed by atoms with E-state index >= 15 is 0 Å². The van der Waals surface area contributed by atoms with Crippen molar-refractivity contribution in [1.29, 1.82) is 0 Å². The van der Waals surface area contributed by atoms with E-state index in [9.17, 15) is 9.59 Å². The molecule has 1 aromatic carbocycles. The highest BCUT2D eigenvalue weighted by atomic mass is 16.2. The number of nitrogens with one attached hydrogen (secondary N) is 3. The van der Waals surface area contributed by atoms with E-state index in [1.807, 2.05) is 31.2 Å². The van der Waals surface area contributed by atoms with E-state index in [1.165, 1.54) is 44.1 Å². The number of benzene rings is 1. The molecule has 0 aromatic heterocycles. The van der Waals surface area contributed by atoms with Crippen molar-refractivity contribution in [2.24, 2.45) is 23.7 Å². The van der Waals surface area contributed by atoms with Crippen LogP contribution in [-0.4, -0.2) is 48.1 Å². The molecule has 0 spiro atoms. The van der Waals surface area contributed by atoms with Crippen molar-refractivity contribution in [3.05, 3.63) is 29.8 Å². The zero-order valence-electron chi connectivity index (χ0n) is 20.2. The molecule has 1 saturated heterocycles. The number of likely N-dealkylation sites (tertiary alicyclic amines) is 1. The zero-order valence-corrected chi connectivity index (χ0v) is 20.2. The second-order valence-corrected chi connectivity index (χ2v) is 11.6. The van der Waals surface area contributed by atoms with Crippen LogP contribution in [-0.2, 0) is 4.79 Å². The first-order valence-electron chi connectivity index (χ1n) is 13.0. The van der Waals surface area contributed by atoms with Crippen LogP contribution in [0.2, 0.25) is 0 Å². The molecule has 33 heavy (non-hydrogen) atoms. The number of urea groups is 1. The quantitative estimate of drug-likeness (QED) is 0.602. The van der Waals surface area contributed by atoms with Gasteiger partial charge in [0.15, 0.2) is 0 Å². The molecule has 1 heterocycles. The number of aryl methyl sites for hydroxylation is 1. The maximum atomic E-state index is 13.3. The minimum Gasteiger partial charge on any atom is -0.349 e. The largest absolute Gasteiger partial charge is 0.349 e. The first-order valence-corrected chi connectivity index (χ1v) is 13.0. The molecule has 3 amide bonds. The fraction of sp³-hybridized carbons (Fsp3) is 0.704. The molecule has 180 valence electrons. The fourth-order valence-corrected chi connectivity index (χ4v) is 7.46. The molecular weight excluding hydrogens is 412 g/mol. The van der Waals surface area contributed by atoms with Gasteiger partial charge < -0.3 is 16.0 Å². The summed E-state index contributed by atoms with van der Waals surface area (Å²) in [6, 6.07) is 7.54. The molecule has 0 unspecified atom stereocenters. The van der Waals surface area contributed by atoms with Crippen molar-refractivity contribution in [3.63, 3.8) is 0 Å². The van der Waals surface area contributed by atoms with Crippen LogP contribution in [0.25, 0.3) is 0 Å². The summed E-state index contributed by atoms with van der Waals surface area (Å²) in [4.78, 5) is 27.9. The lowest BCUT2D eigenvalue weighted by molar-refractivity contribution is -0.132. The first-order chi connectivity index (χ1) is 15.9. The van der Waals surface area contributed by atoms with Crippen molar-refractivity contribution in [3.8, 4) is 0 Å². The summed E-state index contributed by atoms with van der Waals surface area (Å²) >= 11 is 0. The van der Waals surface area contributed by atoms with Crippen LogP contribution in [0.15, 0.2) is 24.3 Å². The van der Waals surface area contributed by atoms with Crippen molar-refractivity contribution < 1.29 is 9.59 Å². The summed E-state index contributed by atoms with van der Waals surface area (Å²) in [5, 5.41) is 9.49. The molecule has 5 aliphatic rings. The van der Waals surface area contributed by atoms with E-state index in [2.05, 4.69) is 27.8 Å². The van der Waals surface area contributed by atoms with Gasteiger partial charge in [-0.2, -0.15) is 0 Å². The zero-order chi connectivity index (χ0) is 23.0. The number of piperidine rings is 1. The predicted molar refractivity (Wildman–Crippen MR) is 131 cm³/mol. The Labute approximate surface area is 198 Å². The first kappa shape index (κ1) is 22.7. The minimum absolute atomic E-state index is 0.0743. The Morgan fingerprint density at radius 2 is 1.70 bits per heavy atom. The lowest BCUT2D eigenvalue weighted by atomic mass is 9.53. The predicted octanol–water partition coefficient (Wildman–Crippen LogP) is 4.30. The molecule has 4 saturated carbocycles. The SMILES string of the molecule is Cc1ccc(NC(=O)NC[C@H]2CCCN([C@@H](C)C(=O)NC34CC5CC(CC(C5)C3)C4)C2)cc1. The molecular formula is C27H40N4O2. The Morgan fingerprint density at radius 1 is 1.06 bits per heavy atom. The molecule has 1 aliphatic heterocycles. The summed E-state index contributed by atoms with van der Waals surface area (Å²) in [5.41, 5.74) is 2.05. The van der Waals surface area contributed by atoms with Crippen molar-refractivity contribution in [1.82, 2.24) is 15.5 Å². The molecule has 5 fully saturated rings. The highest BCUT2D eigenvalue weighted by Crippen LogP contribution is 2.55. The molecule has 6 heteroatoms. The van der Waals surface area contributed by atoms with Gasteiger partial charge in [-0.3, -0.25) is 9.69 Å². The Bertz CT molecular complexity index is 832. The van der Waals surface area contributed by atoms with E-state index in [0.29, 0.717) is 12.5 Å². The fourth-order valence-electron chi connectivity index (χ4n) is 7.46. The molecule has 4 bridgehead atoms. The normalized spacial score (nSPS) is 34.0. The van der Waals surface area contributed by atoms with Crippen molar-refractivity contribution in [2.45, 2.75) is 76.8 Å². The van der Waals surface area contributed by atoms with Gasteiger partial charge in [-0.25, -0.2) is 4.79 Å². The van der Waals surface area contributed by atoms with Crippen molar-refractivity contribution >= 4 is 17.6 Å². The highest BCUT2D eigenvalue weighted by Gasteiger charge is 2.51. The summed E-state index contributed by atoms with van der Waals surface area (Å²) in [5.74, 6) is 3.09. The second kappa shape index (κ2) is 9.28. The van der Waals surface area contributed by atoms with Crippen LogP contribution >= 0.6 is 0 Å². The lowest BCUT2D eigenvalue weighted by Gasteiger charge is -2.57. The number of hydrogen-bond acceptors (Lipinski definition) is 3. The highest BCUT2D eigenvalue weighted by molar-refractivity contribution is 5.89. The van der Waals surface area contributed by atoms with Crippen LogP contribution < -0.4 is 16.0 Å². The van der Waals surface area contributed by atoms with Crippen LogP contribution in [0.4, 0.5) is 10.5 Å². The third-order valence-electron chi connectivity index (χ3n) is 8.76. The molecule has 2 atom stereocenters. The summed E-state index contributed by atoms with van der Waals surface area (Å²) in [6.45, 7) is 6.55. The maximum Gasteiger partial charge on any atom is 0.319 e. The Hall–Kier alpha value is -2.08. The Balaban J connectivity index is 1.10. The van der Waals surface area contributed by atoms with Gasteiger partial charge in [0.25, 0.3) is 0 Å². The van der Waals surface area contributed by atoms with E-state index in [-0.39, 0.29) is 23.5 Å². The van der Waals surface area contributed by atoms with E-state index in [4.69, 9.17) is 0 Å². The van der Waals surface area contributed by atoms with Gasteiger partial charge in [-0.05, 0) is 108 Å². The summed E-state index contributed by atoms with van der Waals surface area (Å²) in [6.07, 6.45) is 9.92. The van der Waals surface area contributed by atoms with Gasteiger partial charge in [0.2, 0.25) is 5.91 Å².